The number of hydrogen-bond acceptors (Lipinski definition) is 4. The van der Waals surface area contributed by atoms with E-state index in [-0.39, 0.29) is 5.97 Å². The Morgan fingerprint density at radius 3 is 2.11 bits per heavy atom. The standard InChI is InChI=1S/C14H28O4Si/c1-5-14(15)18-12-10-8-6-7-9-11-13-19(4,16-2)17-3/h5H,1,6-13H2,2-4H3. The van der Waals surface area contributed by atoms with Crippen LogP contribution in [0.15, 0.2) is 12.7 Å². The van der Waals surface area contributed by atoms with Gasteiger partial charge in [0.2, 0.25) is 0 Å². The van der Waals surface area contributed by atoms with Gasteiger partial charge >= 0.3 is 14.5 Å². The van der Waals surface area contributed by atoms with Crippen LogP contribution < -0.4 is 0 Å². The molecular weight excluding hydrogens is 260 g/mol. The number of ether oxygens (including phenoxy) is 1. The fourth-order valence-electron chi connectivity index (χ4n) is 1.77. The SMILES string of the molecule is C=CC(=O)OCCCCCCCC[Si](C)(OC)OC. The highest BCUT2D eigenvalue weighted by molar-refractivity contribution is 6.65. The summed E-state index contributed by atoms with van der Waals surface area (Å²) < 4.78 is 15.8. The maximum atomic E-state index is 10.8. The van der Waals surface area contributed by atoms with Gasteiger partial charge < -0.3 is 13.6 Å². The molecule has 0 radical (unpaired) electrons. The van der Waals surface area contributed by atoms with E-state index in [1.807, 2.05) is 0 Å². The lowest BCUT2D eigenvalue weighted by Gasteiger charge is -2.22. The number of rotatable bonds is 12. The molecule has 0 aliphatic carbocycles. The summed E-state index contributed by atoms with van der Waals surface area (Å²) in [6.07, 6.45) is 8.01. The molecule has 4 nitrogen and oxygen atoms in total. The molecule has 0 heterocycles. The molecule has 0 spiro atoms. The van der Waals surface area contributed by atoms with Crippen LogP contribution in [0.25, 0.3) is 0 Å². The van der Waals surface area contributed by atoms with Gasteiger partial charge in [-0.3, -0.25) is 0 Å². The predicted molar refractivity (Wildman–Crippen MR) is 79.3 cm³/mol. The smallest absolute Gasteiger partial charge is 0.334 e. The molecule has 0 aromatic heterocycles. The maximum Gasteiger partial charge on any atom is 0.334 e. The highest BCUT2D eigenvalue weighted by Crippen LogP contribution is 2.17. The molecule has 0 bridgehead atoms. The molecule has 0 fully saturated rings. The lowest BCUT2D eigenvalue weighted by Crippen LogP contribution is -2.35. The van der Waals surface area contributed by atoms with Crippen molar-refractivity contribution in [3.63, 3.8) is 0 Å². The van der Waals surface area contributed by atoms with E-state index in [1.165, 1.54) is 25.3 Å². The van der Waals surface area contributed by atoms with Gasteiger partial charge in [-0.2, -0.15) is 0 Å². The lowest BCUT2D eigenvalue weighted by atomic mass is 10.1. The van der Waals surface area contributed by atoms with Crippen molar-refractivity contribution in [3.05, 3.63) is 12.7 Å². The third-order valence-electron chi connectivity index (χ3n) is 3.30. The van der Waals surface area contributed by atoms with Crippen molar-refractivity contribution in [2.24, 2.45) is 0 Å². The van der Waals surface area contributed by atoms with Gasteiger partial charge in [-0.15, -0.1) is 0 Å². The third-order valence-corrected chi connectivity index (χ3v) is 6.29. The monoisotopic (exact) mass is 288 g/mol. The van der Waals surface area contributed by atoms with E-state index in [1.54, 1.807) is 14.2 Å². The van der Waals surface area contributed by atoms with Gasteiger partial charge in [0.1, 0.15) is 0 Å². The Balaban J connectivity index is 3.32. The predicted octanol–water partition coefficient (Wildman–Crippen LogP) is 3.42. The van der Waals surface area contributed by atoms with Crippen molar-refractivity contribution < 1.29 is 18.4 Å². The number of esters is 1. The van der Waals surface area contributed by atoms with Gasteiger partial charge in [0.05, 0.1) is 6.61 Å². The molecule has 112 valence electrons. The Morgan fingerprint density at radius 1 is 1.05 bits per heavy atom. The molecule has 0 aromatic carbocycles. The van der Waals surface area contributed by atoms with Gasteiger partial charge in [0, 0.05) is 20.3 Å². The summed E-state index contributed by atoms with van der Waals surface area (Å²) in [7, 11) is 1.61. The first kappa shape index (κ1) is 18.3. The summed E-state index contributed by atoms with van der Waals surface area (Å²) >= 11 is 0. The number of hydrogen-bond donors (Lipinski definition) is 0. The molecule has 0 atom stereocenters. The number of carbonyl (C=O) groups is 1. The van der Waals surface area contributed by atoms with Gasteiger partial charge in [0.25, 0.3) is 0 Å². The molecule has 0 unspecified atom stereocenters. The van der Waals surface area contributed by atoms with Crippen LogP contribution in [0.2, 0.25) is 12.6 Å². The van der Waals surface area contributed by atoms with Crippen LogP contribution in [-0.2, 0) is 18.4 Å². The first-order chi connectivity index (χ1) is 9.08. The molecule has 19 heavy (non-hydrogen) atoms. The summed E-state index contributed by atoms with van der Waals surface area (Å²) in [5.74, 6) is -0.330. The molecule has 0 amide bonds. The van der Waals surface area contributed by atoms with E-state index in [0.29, 0.717) is 6.61 Å². The molecule has 0 saturated heterocycles. The fraction of sp³-hybridized carbons (Fsp3) is 0.786. The van der Waals surface area contributed by atoms with Crippen LogP contribution in [0.5, 0.6) is 0 Å². The first-order valence-corrected chi connectivity index (χ1v) is 9.50. The molecular formula is C14H28O4Si. The van der Waals surface area contributed by atoms with Gasteiger partial charge in [-0.05, 0) is 19.0 Å². The molecule has 0 rings (SSSR count). The van der Waals surface area contributed by atoms with Crippen molar-refractivity contribution in [3.8, 4) is 0 Å². The van der Waals surface area contributed by atoms with Crippen LogP contribution in [-0.4, -0.2) is 35.4 Å². The van der Waals surface area contributed by atoms with E-state index in [2.05, 4.69) is 13.1 Å². The second kappa shape index (κ2) is 11.2. The van der Waals surface area contributed by atoms with Crippen LogP contribution >= 0.6 is 0 Å². The summed E-state index contributed by atoms with van der Waals surface area (Å²) in [5.41, 5.74) is 0. The maximum absolute atomic E-state index is 10.8. The van der Waals surface area contributed by atoms with E-state index in [9.17, 15) is 4.79 Å². The zero-order chi connectivity index (χ0) is 14.6. The average Bonchev–Trinajstić information content (AvgIpc) is 2.44. The fourth-order valence-corrected chi connectivity index (χ4v) is 3.24. The minimum atomic E-state index is -1.86. The Morgan fingerprint density at radius 2 is 1.58 bits per heavy atom. The van der Waals surface area contributed by atoms with Crippen LogP contribution in [0.4, 0.5) is 0 Å². The normalized spacial score (nSPS) is 11.3. The van der Waals surface area contributed by atoms with Crippen LogP contribution in [0.1, 0.15) is 38.5 Å². The first-order valence-electron chi connectivity index (χ1n) is 6.97. The summed E-state index contributed by atoms with van der Waals surface area (Å²) in [4.78, 5) is 10.8. The quantitative estimate of drug-likeness (QED) is 0.239. The van der Waals surface area contributed by atoms with Crippen molar-refractivity contribution in [1.82, 2.24) is 0 Å². The largest absolute Gasteiger partial charge is 0.463 e. The zero-order valence-electron chi connectivity index (χ0n) is 12.6. The van der Waals surface area contributed by atoms with Crippen LogP contribution in [0.3, 0.4) is 0 Å². The topological polar surface area (TPSA) is 44.8 Å². The molecule has 0 saturated carbocycles. The summed E-state index contributed by atoms with van der Waals surface area (Å²) in [5, 5.41) is 0. The van der Waals surface area contributed by atoms with E-state index in [4.69, 9.17) is 13.6 Å². The third kappa shape index (κ3) is 9.87. The Bertz CT molecular complexity index is 252. The molecule has 0 aliphatic heterocycles. The van der Waals surface area contributed by atoms with Gasteiger partial charge in [0.15, 0.2) is 0 Å². The second-order valence-electron chi connectivity index (χ2n) is 4.79. The Labute approximate surface area is 118 Å². The van der Waals surface area contributed by atoms with Crippen molar-refractivity contribution in [2.45, 2.75) is 51.1 Å². The Hall–Kier alpha value is -0.653. The number of carbonyl (C=O) groups excluding carboxylic acids is 1. The molecule has 0 aromatic rings. The zero-order valence-corrected chi connectivity index (χ0v) is 13.6. The second-order valence-corrected chi connectivity index (χ2v) is 8.37. The summed E-state index contributed by atoms with van der Waals surface area (Å²) in [6, 6.07) is 1.05. The van der Waals surface area contributed by atoms with E-state index < -0.39 is 8.56 Å². The average molecular weight is 288 g/mol. The Kier molecular flexibility index (Phi) is 10.8. The number of unbranched alkanes of at least 4 members (excludes halogenated alkanes) is 5. The minimum Gasteiger partial charge on any atom is -0.463 e. The van der Waals surface area contributed by atoms with E-state index in [0.717, 1.165) is 25.3 Å². The highest BCUT2D eigenvalue weighted by atomic mass is 28.4. The van der Waals surface area contributed by atoms with Crippen molar-refractivity contribution in [2.75, 3.05) is 20.8 Å². The van der Waals surface area contributed by atoms with Crippen molar-refractivity contribution >= 4 is 14.5 Å². The molecule has 5 heteroatoms. The van der Waals surface area contributed by atoms with Crippen LogP contribution in [0, 0.1) is 0 Å². The summed E-state index contributed by atoms with van der Waals surface area (Å²) in [6.45, 7) is 5.95. The lowest BCUT2D eigenvalue weighted by molar-refractivity contribution is -0.137. The molecule has 0 aliphatic rings. The van der Waals surface area contributed by atoms with Crippen molar-refractivity contribution in [1.29, 1.82) is 0 Å². The highest BCUT2D eigenvalue weighted by Gasteiger charge is 2.27. The minimum absolute atomic E-state index is 0.330. The van der Waals surface area contributed by atoms with Gasteiger partial charge in [-0.25, -0.2) is 4.79 Å². The van der Waals surface area contributed by atoms with Gasteiger partial charge in [-0.1, -0.05) is 38.7 Å². The van der Waals surface area contributed by atoms with E-state index >= 15 is 0 Å². The molecule has 0 N–H and O–H groups in total.